The van der Waals surface area contributed by atoms with Gasteiger partial charge in [-0.3, -0.25) is 0 Å². The van der Waals surface area contributed by atoms with Crippen molar-refractivity contribution < 1.29 is 9.47 Å². The van der Waals surface area contributed by atoms with Crippen molar-refractivity contribution in [2.45, 2.75) is 0 Å². The van der Waals surface area contributed by atoms with Gasteiger partial charge in [-0.2, -0.15) is 9.97 Å². The monoisotopic (exact) mass is 330 g/mol. The predicted molar refractivity (Wildman–Crippen MR) is 70.0 cm³/mol. The van der Waals surface area contributed by atoms with E-state index in [9.17, 15) is 0 Å². The number of nitrogens with zero attached hydrogens (tertiary/aromatic N) is 3. The van der Waals surface area contributed by atoms with E-state index < -0.39 is 0 Å². The summed E-state index contributed by atoms with van der Waals surface area (Å²) in [6.07, 6.45) is 0. The highest BCUT2D eigenvalue weighted by Gasteiger charge is 2.09. The lowest BCUT2D eigenvalue weighted by Crippen LogP contribution is -2.02. The second-order valence-electron chi connectivity index (χ2n) is 3.14. The number of rotatable bonds is 3. The average molecular weight is 332 g/mol. The first-order valence-corrected chi connectivity index (χ1v) is 5.94. The maximum absolute atomic E-state index is 5.98. The molecular formula is C10H8BrClN4O2. The largest absolute Gasteiger partial charge is 0.467 e. The molecule has 0 amide bonds. The van der Waals surface area contributed by atoms with Crippen LogP contribution in [-0.2, 0) is 0 Å². The van der Waals surface area contributed by atoms with Gasteiger partial charge in [0, 0.05) is 4.47 Å². The molecule has 2 aromatic rings. The Morgan fingerprint density at radius 3 is 2.67 bits per heavy atom. The van der Waals surface area contributed by atoms with Crippen molar-refractivity contribution in [1.82, 2.24) is 15.0 Å². The molecule has 0 radical (unpaired) electrons. The molecule has 6 nitrogen and oxygen atoms in total. The van der Waals surface area contributed by atoms with Gasteiger partial charge in [0.1, 0.15) is 0 Å². The molecule has 0 saturated carbocycles. The lowest BCUT2D eigenvalue weighted by Gasteiger charge is -2.07. The second kappa shape index (κ2) is 5.36. The number of halogens is 2. The van der Waals surface area contributed by atoms with E-state index in [2.05, 4.69) is 30.9 Å². The third-order valence-electron chi connectivity index (χ3n) is 1.89. The standard InChI is InChI=1S/C10H8BrClN4O2/c1-17-9-14-8(13)15-10(16-9)18-7-4-5(11)2-3-6(7)12/h2-4H,1H3,(H2,13,14,15,16). The minimum Gasteiger partial charge on any atom is -0.467 e. The molecule has 0 spiro atoms. The van der Waals surface area contributed by atoms with Crippen LogP contribution in [0.15, 0.2) is 22.7 Å². The number of benzene rings is 1. The van der Waals surface area contributed by atoms with Crippen LogP contribution < -0.4 is 15.2 Å². The van der Waals surface area contributed by atoms with E-state index in [1.165, 1.54) is 7.11 Å². The lowest BCUT2D eigenvalue weighted by atomic mass is 10.3. The summed E-state index contributed by atoms with van der Waals surface area (Å²) in [5.74, 6) is 0.404. The Balaban J connectivity index is 2.33. The molecule has 0 saturated heterocycles. The average Bonchev–Trinajstić information content (AvgIpc) is 2.33. The number of hydrogen-bond donors (Lipinski definition) is 1. The van der Waals surface area contributed by atoms with Crippen molar-refractivity contribution in [2.24, 2.45) is 0 Å². The fraction of sp³-hybridized carbons (Fsp3) is 0.100. The van der Waals surface area contributed by atoms with E-state index in [4.69, 9.17) is 26.8 Å². The quantitative estimate of drug-likeness (QED) is 0.931. The van der Waals surface area contributed by atoms with E-state index in [1.54, 1.807) is 18.2 Å². The van der Waals surface area contributed by atoms with Crippen LogP contribution in [0.3, 0.4) is 0 Å². The summed E-state index contributed by atoms with van der Waals surface area (Å²) >= 11 is 9.29. The van der Waals surface area contributed by atoms with E-state index in [0.717, 1.165) is 4.47 Å². The van der Waals surface area contributed by atoms with Crippen LogP contribution in [0.4, 0.5) is 5.95 Å². The molecule has 2 N–H and O–H groups in total. The third kappa shape index (κ3) is 2.99. The van der Waals surface area contributed by atoms with Crippen LogP contribution in [0.5, 0.6) is 17.8 Å². The summed E-state index contributed by atoms with van der Waals surface area (Å²) in [6, 6.07) is 5.25. The van der Waals surface area contributed by atoms with Crippen molar-refractivity contribution in [2.75, 3.05) is 12.8 Å². The SMILES string of the molecule is COc1nc(N)nc(Oc2cc(Br)ccc2Cl)n1. The lowest BCUT2D eigenvalue weighted by molar-refractivity contribution is 0.360. The van der Waals surface area contributed by atoms with Gasteiger partial charge in [-0.15, -0.1) is 4.98 Å². The molecular weight excluding hydrogens is 323 g/mol. The Labute approximate surface area is 116 Å². The molecule has 0 atom stereocenters. The first kappa shape index (κ1) is 12.8. The van der Waals surface area contributed by atoms with Gasteiger partial charge in [0.2, 0.25) is 5.95 Å². The Morgan fingerprint density at radius 1 is 1.22 bits per heavy atom. The fourth-order valence-corrected chi connectivity index (χ4v) is 1.64. The summed E-state index contributed by atoms with van der Waals surface area (Å²) < 4.78 is 11.1. The number of nitrogen functional groups attached to an aromatic ring is 1. The van der Waals surface area contributed by atoms with Crippen molar-refractivity contribution in [3.8, 4) is 17.8 Å². The molecule has 1 heterocycles. The smallest absolute Gasteiger partial charge is 0.330 e. The topological polar surface area (TPSA) is 83.2 Å². The molecule has 18 heavy (non-hydrogen) atoms. The van der Waals surface area contributed by atoms with Crippen molar-refractivity contribution in [1.29, 1.82) is 0 Å². The Bertz CT molecular complexity index is 582. The van der Waals surface area contributed by atoms with E-state index in [1.807, 2.05) is 0 Å². The number of ether oxygens (including phenoxy) is 2. The molecule has 0 fully saturated rings. The zero-order chi connectivity index (χ0) is 13.1. The number of aromatic nitrogens is 3. The van der Waals surface area contributed by atoms with E-state index in [-0.39, 0.29) is 18.0 Å². The van der Waals surface area contributed by atoms with Gasteiger partial charge in [0.25, 0.3) is 0 Å². The number of methoxy groups -OCH3 is 1. The van der Waals surface area contributed by atoms with Gasteiger partial charge in [-0.25, -0.2) is 0 Å². The normalized spacial score (nSPS) is 10.2. The number of hydrogen-bond acceptors (Lipinski definition) is 6. The maximum Gasteiger partial charge on any atom is 0.330 e. The zero-order valence-electron chi connectivity index (χ0n) is 9.22. The minimum absolute atomic E-state index is 0.00275. The molecule has 1 aromatic carbocycles. The van der Waals surface area contributed by atoms with Gasteiger partial charge in [0.15, 0.2) is 5.75 Å². The van der Waals surface area contributed by atoms with Gasteiger partial charge in [0.05, 0.1) is 12.1 Å². The molecule has 94 valence electrons. The van der Waals surface area contributed by atoms with Crippen molar-refractivity contribution >= 4 is 33.5 Å². The van der Waals surface area contributed by atoms with Crippen molar-refractivity contribution in [3.05, 3.63) is 27.7 Å². The second-order valence-corrected chi connectivity index (χ2v) is 4.46. The molecule has 0 aliphatic carbocycles. The van der Waals surface area contributed by atoms with E-state index in [0.29, 0.717) is 10.8 Å². The number of nitrogens with two attached hydrogens (primary N) is 1. The highest BCUT2D eigenvalue weighted by atomic mass is 79.9. The summed E-state index contributed by atoms with van der Waals surface area (Å²) in [7, 11) is 1.42. The molecule has 0 bridgehead atoms. The fourth-order valence-electron chi connectivity index (χ4n) is 1.14. The molecule has 2 rings (SSSR count). The van der Waals surface area contributed by atoms with Crippen LogP contribution >= 0.6 is 27.5 Å². The molecule has 8 heteroatoms. The summed E-state index contributed by atoms with van der Waals surface area (Å²) in [5.41, 5.74) is 5.49. The Kier molecular flexibility index (Phi) is 3.83. The summed E-state index contributed by atoms with van der Waals surface area (Å²) in [4.78, 5) is 11.5. The van der Waals surface area contributed by atoms with Crippen LogP contribution in [0.2, 0.25) is 5.02 Å². The van der Waals surface area contributed by atoms with Crippen LogP contribution in [0.1, 0.15) is 0 Å². The summed E-state index contributed by atoms with van der Waals surface area (Å²) in [6.45, 7) is 0. The van der Waals surface area contributed by atoms with Gasteiger partial charge in [-0.1, -0.05) is 27.5 Å². The molecule has 0 aliphatic rings. The Hall–Kier alpha value is -1.60. The highest BCUT2D eigenvalue weighted by molar-refractivity contribution is 9.10. The zero-order valence-corrected chi connectivity index (χ0v) is 11.6. The van der Waals surface area contributed by atoms with Gasteiger partial charge >= 0.3 is 12.0 Å². The third-order valence-corrected chi connectivity index (χ3v) is 2.69. The predicted octanol–water partition coefficient (Wildman–Crippen LogP) is 2.67. The highest BCUT2D eigenvalue weighted by Crippen LogP contribution is 2.31. The van der Waals surface area contributed by atoms with Crippen LogP contribution in [0, 0.1) is 0 Å². The van der Waals surface area contributed by atoms with E-state index >= 15 is 0 Å². The van der Waals surface area contributed by atoms with Crippen molar-refractivity contribution in [3.63, 3.8) is 0 Å². The first-order chi connectivity index (χ1) is 8.58. The Morgan fingerprint density at radius 2 is 1.94 bits per heavy atom. The van der Waals surface area contributed by atoms with Gasteiger partial charge in [-0.05, 0) is 18.2 Å². The minimum atomic E-state index is 0.00275. The molecule has 0 unspecified atom stereocenters. The first-order valence-electron chi connectivity index (χ1n) is 4.77. The number of anilines is 1. The summed E-state index contributed by atoms with van der Waals surface area (Å²) in [5, 5.41) is 0.427. The molecule has 1 aromatic heterocycles. The van der Waals surface area contributed by atoms with Crippen LogP contribution in [0.25, 0.3) is 0 Å². The maximum atomic E-state index is 5.98. The van der Waals surface area contributed by atoms with Gasteiger partial charge < -0.3 is 15.2 Å². The van der Waals surface area contributed by atoms with Crippen LogP contribution in [-0.4, -0.2) is 22.1 Å². The molecule has 0 aliphatic heterocycles.